The number of nitrogens with zero attached hydrogens (tertiary/aromatic N) is 4. The highest BCUT2D eigenvalue weighted by Crippen LogP contribution is 2.33. The first kappa shape index (κ1) is 18.9. The number of methoxy groups -OCH3 is 1. The molecule has 0 amide bonds. The van der Waals surface area contributed by atoms with Crippen molar-refractivity contribution in [2.75, 3.05) is 20.2 Å². The number of furan rings is 1. The zero-order chi connectivity index (χ0) is 20.5. The SMILES string of the molecule is COc1ccc(-c2nc(C3CCN(Cc4ccoc4)CC3)cc3c2ncn3C)cc1. The van der Waals surface area contributed by atoms with Crippen LogP contribution in [0.4, 0.5) is 0 Å². The molecule has 6 heteroatoms. The van der Waals surface area contributed by atoms with Crippen molar-refractivity contribution >= 4 is 11.0 Å². The second kappa shape index (κ2) is 7.95. The Balaban J connectivity index is 1.42. The summed E-state index contributed by atoms with van der Waals surface area (Å²) in [5.74, 6) is 1.30. The molecule has 0 saturated carbocycles. The Morgan fingerprint density at radius 1 is 1.13 bits per heavy atom. The number of fused-ring (bicyclic) bond motifs is 1. The number of hydrogen-bond donors (Lipinski definition) is 0. The number of benzene rings is 1. The molecule has 0 spiro atoms. The molecule has 1 saturated heterocycles. The van der Waals surface area contributed by atoms with Crippen molar-refractivity contribution in [3.05, 3.63) is 66.5 Å². The van der Waals surface area contributed by atoms with Crippen LogP contribution >= 0.6 is 0 Å². The summed E-state index contributed by atoms with van der Waals surface area (Å²) in [7, 11) is 3.73. The fourth-order valence-electron chi connectivity index (χ4n) is 4.33. The molecule has 3 aromatic heterocycles. The third-order valence-corrected chi connectivity index (χ3v) is 6.09. The molecule has 4 heterocycles. The number of imidazole rings is 1. The normalized spacial score (nSPS) is 15.7. The van der Waals surface area contributed by atoms with E-state index in [0.29, 0.717) is 5.92 Å². The van der Waals surface area contributed by atoms with Gasteiger partial charge >= 0.3 is 0 Å². The van der Waals surface area contributed by atoms with E-state index in [9.17, 15) is 0 Å². The average molecular weight is 402 g/mol. The van der Waals surface area contributed by atoms with Crippen LogP contribution in [0.5, 0.6) is 5.75 Å². The van der Waals surface area contributed by atoms with Gasteiger partial charge in [-0.25, -0.2) is 4.98 Å². The van der Waals surface area contributed by atoms with E-state index in [-0.39, 0.29) is 0 Å². The van der Waals surface area contributed by atoms with E-state index < -0.39 is 0 Å². The molecule has 0 bridgehead atoms. The first-order valence-electron chi connectivity index (χ1n) is 10.4. The van der Waals surface area contributed by atoms with Crippen LogP contribution in [-0.4, -0.2) is 39.6 Å². The summed E-state index contributed by atoms with van der Waals surface area (Å²) in [6.07, 6.45) is 7.67. The van der Waals surface area contributed by atoms with Crippen LogP contribution in [0.25, 0.3) is 22.3 Å². The van der Waals surface area contributed by atoms with Gasteiger partial charge in [0.1, 0.15) is 11.3 Å². The third-order valence-electron chi connectivity index (χ3n) is 6.09. The maximum atomic E-state index is 5.31. The molecular formula is C24H26N4O2. The van der Waals surface area contributed by atoms with Crippen molar-refractivity contribution in [3.63, 3.8) is 0 Å². The van der Waals surface area contributed by atoms with Gasteiger partial charge in [0.25, 0.3) is 0 Å². The van der Waals surface area contributed by atoms with Crippen molar-refractivity contribution in [1.82, 2.24) is 19.4 Å². The average Bonchev–Trinajstić information content (AvgIpc) is 3.44. The highest BCUT2D eigenvalue weighted by molar-refractivity contribution is 5.90. The monoisotopic (exact) mass is 402 g/mol. The second-order valence-electron chi connectivity index (χ2n) is 8.03. The Morgan fingerprint density at radius 2 is 1.93 bits per heavy atom. The Kier molecular flexibility index (Phi) is 5.01. The van der Waals surface area contributed by atoms with Crippen LogP contribution in [-0.2, 0) is 13.6 Å². The minimum Gasteiger partial charge on any atom is -0.497 e. The smallest absolute Gasteiger partial charge is 0.118 e. The molecule has 0 N–H and O–H groups in total. The molecule has 154 valence electrons. The number of hydrogen-bond acceptors (Lipinski definition) is 5. The highest BCUT2D eigenvalue weighted by Gasteiger charge is 2.24. The van der Waals surface area contributed by atoms with Crippen LogP contribution in [0.1, 0.15) is 30.0 Å². The van der Waals surface area contributed by atoms with Crippen molar-refractivity contribution < 1.29 is 9.15 Å². The molecule has 1 aliphatic rings. The van der Waals surface area contributed by atoms with Crippen molar-refractivity contribution in [1.29, 1.82) is 0 Å². The van der Waals surface area contributed by atoms with Gasteiger partial charge < -0.3 is 13.7 Å². The predicted molar refractivity (Wildman–Crippen MR) is 116 cm³/mol. The number of rotatable bonds is 5. The van der Waals surface area contributed by atoms with Gasteiger partial charge in [-0.1, -0.05) is 0 Å². The fourth-order valence-corrected chi connectivity index (χ4v) is 4.33. The summed E-state index contributed by atoms with van der Waals surface area (Å²) in [4.78, 5) is 12.2. The summed E-state index contributed by atoms with van der Waals surface area (Å²) in [6.45, 7) is 3.09. The predicted octanol–water partition coefficient (Wildman–Crippen LogP) is 4.62. The van der Waals surface area contributed by atoms with E-state index in [4.69, 9.17) is 14.1 Å². The third kappa shape index (κ3) is 3.59. The summed E-state index contributed by atoms with van der Waals surface area (Å²) < 4.78 is 12.6. The molecule has 1 fully saturated rings. The van der Waals surface area contributed by atoms with Crippen molar-refractivity contribution in [2.45, 2.75) is 25.3 Å². The van der Waals surface area contributed by atoms with E-state index >= 15 is 0 Å². The van der Waals surface area contributed by atoms with E-state index in [1.807, 2.05) is 37.8 Å². The number of piperidine rings is 1. The minimum atomic E-state index is 0.460. The molecule has 5 rings (SSSR count). The molecule has 0 radical (unpaired) electrons. The van der Waals surface area contributed by atoms with Gasteiger partial charge in [0.2, 0.25) is 0 Å². The van der Waals surface area contributed by atoms with Gasteiger partial charge in [0.05, 0.1) is 37.2 Å². The molecule has 1 aliphatic heterocycles. The zero-order valence-corrected chi connectivity index (χ0v) is 17.4. The molecule has 30 heavy (non-hydrogen) atoms. The first-order chi connectivity index (χ1) is 14.7. The van der Waals surface area contributed by atoms with Crippen molar-refractivity contribution in [2.24, 2.45) is 7.05 Å². The Morgan fingerprint density at radius 3 is 2.63 bits per heavy atom. The van der Waals surface area contributed by atoms with Crippen LogP contribution in [0.2, 0.25) is 0 Å². The lowest BCUT2D eigenvalue weighted by Gasteiger charge is -2.31. The van der Waals surface area contributed by atoms with Crippen LogP contribution in [0.15, 0.2) is 59.7 Å². The van der Waals surface area contributed by atoms with E-state index in [1.54, 1.807) is 13.4 Å². The van der Waals surface area contributed by atoms with Crippen LogP contribution < -0.4 is 4.74 Å². The van der Waals surface area contributed by atoms with Crippen LogP contribution in [0, 0.1) is 0 Å². The van der Waals surface area contributed by atoms with E-state index in [0.717, 1.165) is 60.5 Å². The molecule has 4 aromatic rings. The standard InChI is InChI=1S/C24H26N4O2/c1-27-16-25-24-22(27)13-21(26-23(24)19-3-5-20(29-2)6-4-19)18-7-10-28(11-8-18)14-17-9-12-30-15-17/h3-6,9,12-13,15-16,18H,7-8,10-11,14H2,1-2H3. The lowest BCUT2D eigenvalue weighted by Crippen LogP contribution is -2.32. The van der Waals surface area contributed by atoms with E-state index in [1.165, 1.54) is 11.3 Å². The topological polar surface area (TPSA) is 56.3 Å². The van der Waals surface area contributed by atoms with Gasteiger partial charge in [-0.2, -0.15) is 0 Å². The molecule has 0 aliphatic carbocycles. The van der Waals surface area contributed by atoms with Gasteiger partial charge in [0.15, 0.2) is 0 Å². The second-order valence-corrected chi connectivity index (χ2v) is 8.03. The first-order valence-corrected chi connectivity index (χ1v) is 10.4. The van der Waals surface area contributed by atoms with Gasteiger partial charge in [0, 0.05) is 36.3 Å². The van der Waals surface area contributed by atoms with Crippen molar-refractivity contribution in [3.8, 4) is 17.0 Å². The number of likely N-dealkylation sites (tertiary alicyclic amines) is 1. The number of aryl methyl sites for hydroxylation is 1. The number of aromatic nitrogens is 3. The van der Waals surface area contributed by atoms with Gasteiger partial charge in [-0.15, -0.1) is 0 Å². The molecule has 1 aromatic carbocycles. The van der Waals surface area contributed by atoms with Gasteiger partial charge in [-0.05, 0) is 62.3 Å². The van der Waals surface area contributed by atoms with E-state index in [2.05, 4.69) is 32.7 Å². The Labute approximate surface area is 176 Å². The number of ether oxygens (including phenoxy) is 1. The summed E-state index contributed by atoms with van der Waals surface area (Å²) in [5.41, 5.74) is 6.50. The molecular weight excluding hydrogens is 376 g/mol. The lowest BCUT2D eigenvalue weighted by molar-refractivity contribution is 0.203. The largest absolute Gasteiger partial charge is 0.497 e. The summed E-state index contributed by atoms with van der Waals surface area (Å²) in [5, 5.41) is 0. The summed E-state index contributed by atoms with van der Waals surface area (Å²) in [6, 6.07) is 12.4. The van der Waals surface area contributed by atoms with Crippen LogP contribution in [0.3, 0.4) is 0 Å². The quantitative estimate of drug-likeness (QED) is 0.488. The van der Waals surface area contributed by atoms with Gasteiger partial charge in [-0.3, -0.25) is 9.88 Å². The molecule has 0 unspecified atom stereocenters. The Bertz CT molecular complexity index is 1120. The summed E-state index contributed by atoms with van der Waals surface area (Å²) >= 11 is 0. The highest BCUT2D eigenvalue weighted by atomic mass is 16.5. The minimum absolute atomic E-state index is 0.460. The Hall–Kier alpha value is -3.12. The lowest BCUT2D eigenvalue weighted by atomic mass is 9.92. The molecule has 0 atom stereocenters. The fraction of sp³-hybridized carbons (Fsp3) is 0.333. The number of pyridine rings is 1. The maximum Gasteiger partial charge on any atom is 0.118 e. The molecule has 6 nitrogen and oxygen atoms in total. The zero-order valence-electron chi connectivity index (χ0n) is 17.4. The maximum absolute atomic E-state index is 5.31.